The van der Waals surface area contributed by atoms with Gasteiger partial charge in [-0.2, -0.15) is 4.98 Å². The molecule has 0 aliphatic carbocycles. The Morgan fingerprint density at radius 3 is 3.00 bits per heavy atom. The van der Waals surface area contributed by atoms with E-state index in [1.54, 1.807) is 0 Å². The largest absolute Gasteiger partial charge is 0.472 e. The van der Waals surface area contributed by atoms with E-state index in [1.165, 1.54) is 0 Å². The fraction of sp³-hybridized carbons (Fsp3) is 0.692. The summed E-state index contributed by atoms with van der Waals surface area (Å²) in [6, 6.07) is 1.82. The van der Waals surface area contributed by atoms with Crippen molar-refractivity contribution in [2.24, 2.45) is 0 Å². The van der Waals surface area contributed by atoms with Gasteiger partial charge in [0.2, 0.25) is 5.88 Å². The zero-order chi connectivity index (χ0) is 13.5. The van der Waals surface area contributed by atoms with Gasteiger partial charge in [-0.05, 0) is 13.8 Å². The molecule has 2 rings (SSSR count). The molecule has 1 aliphatic heterocycles. The standard InChI is InChI=1S/C13H21N3O3/c1-3-14-11-7-13(19-10-5-6-18-8-10)16-12(15-11)9-17-4-2/h7,10H,3-6,8-9H2,1-2H3,(H,14,15,16). The fourth-order valence-electron chi connectivity index (χ4n) is 1.84. The summed E-state index contributed by atoms with van der Waals surface area (Å²) in [4.78, 5) is 8.74. The van der Waals surface area contributed by atoms with E-state index in [9.17, 15) is 0 Å². The highest BCUT2D eigenvalue weighted by atomic mass is 16.5. The third kappa shape index (κ3) is 4.33. The number of hydrogen-bond acceptors (Lipinski definition) is 6. The molecule has 1 aromatic heterocycles. The van der Waals surface area contributed by atoms with Crippen LogP contribution in [-0.2, 0) is 16.1 Å². The second-order valence-corrected chi connectivity index (χ2v) is 4.28. The molecule has 1 saturated heterocycles. The van der Waals surface area contributed by atoms with Gasteiger partial charge in [0.1, 0.15) is 18.5 Å². The van der Waals surface area contributed by atoms with Crippen LogP contribution in [0.3, 0.4) is 0 Å². The Hall–Kier alpha value is -1.40. The van der Waals surface area contributed by atoms with Crippen molar-refractivity contribution in [3.63, 3.8) is 0 Å². The van der Waals surface area contributed by atoms with Gasteiger partial charge in [0, 0.05) is 25.6 Å². The number of nitrogens with one attached hydrogen (secondary N) is 1. The summed E-state index contributed by atoms with van der Waals surface area (Å²) in [6.45, 7) is 7.19. The molecule has 19 heavy (non-hydrogen) atoms. The smallest absolute Gasteiger partial charge is 0.219 e. The van der Waals surface area contributed by atoms with E-state index in [0.29, 0.717) is 31.5 Å². The Kier molecular flexibility index (Phi) is 5.35. The number of ether oxygens (including phenoxy) is 3. The highest BCUT2D eigenvalue weighted by molar-refractivity contribution is 5.38. The van der Waals surface area contributed by atoms with Crippen LogP contribution in [0.5, 0.6) is 5.88 Å². The Morgan fingerprint density at radius 1 is 1.42 bits per heavy atom. The maximum absolute atomic E-state index is 5.81. The van der Waals surface area contributed by atoms with Crippen molar-refractivity contribution in [3.8, 4) is 5.88 Å². The normalized spacial score (nSPS) is 18.5. The molecule has 1 fully saturated rings. The van der Waals surface area contributed by atoms with E-state index in [4.69, 9.17) is 14.2 Å². The lowest BCUT2D eigenvalue weighted by Gasteiger charge is -2.13. The van der Waals surface area contributed by atoms with Crippen LogP contribution in [0.2, 0.25) is 0 Å². The van der Waals surface area contributed by atoms with Crippen molar-refractivity contribution < 1.29 is 14.2 Å². The quantitative estimate of drug-likeness (QED) is 0.809. The van der Waals surface area contributed by atoms with Crippen LogP contribution in [0, 0.1) is 0 Å². The molecule has 1 unspecified atom stereocenters. The first kappa shape index (κ1) is 14.0. The van der Waals surface area contributed by atoms with Gasteiger partial charge in [0.25, 0.3) is 0 Å². The highest BCUT2D eigenvalue weighted by Gasteiger charge is 2.18. The summed E-state index contributed by atoms with van der Waals surface area (Å²) >= 11 is 0. The van der Waals surface area contributed by atoms with Gasteiger partial charge in [-0.3, -0.25) is 0 Å². The minimum absolute atomic E-state index is 0.0873. The van der Waals surface area contributed by atoms with Crippen LogP contribution in [0.1, 0.15) is 26.1 Å². The first-order valence-electron chi connectivity index (χ1n) is 6.75. The van der Waals surface area contributed by atoms with Gasteiger partial charge < -0.3 is 19.5 Å². The molecule has 1 aliphatic rings. The lowest BCUT2D eigenvalue weighted by Crippen LogP contribution is -2.17. The molecule has 0 spiro atoms. The highest BCUT2D eigenvalue weighted by Crippen LogP contribution is 2.18. The van der Waals surface area contributed by atoms with Crippen LogP contribution in [0.4, 0.5) is 5.82 Å². The van der Waals surface area contributed by atoms with Crippen molar-refractivity contribution >= 4 is 5.82 Å². The van der Waals surface area contributed by atoms with Crippen molar-refractivity contribution in [1.29, 1.82) is 0 Å². The second-order valence-electron chi connectivity index (χ2n) is 4.28. The molecule has 0 amide bonds. The van der Waals surface area contributed by atoms with Crippen molar-refractivity contribution in [1.82, 2.24) is 9.97 Å². The Morgan fingerprint density at radius 2 is 2.32 bits per heavy atom. The SMILES string of the molecule is CCNc1cc(OC2CCOC2)nc(COCC)n1. The summed E-state index contributed by atoms with van der Waals surface area (Å²) in [5.74, 6) is 1.98. The van der Waals surface area contributed by atoms with Crippen molar-refractivity contribution in [2.75, 3.05) is 31.7 Å². The predicted molar refractivity (Wildman–Crippen MR) is 71.4 cm³/mol. The molecular weight excluding hydrogens is 246 g/mol. The molecule has 0 bridgehead atoms. The van der Waals surface area contributed by atoms with Gasteiger partial charge in [-0.25, -0.2) is 4.98 Å². The topological polar surface area (TPSA) is 65.5 Å². The predicted octanol–water partition coefficient (Wildman–Crippen LogP) is 1.61. The maximum Gasteiger partial charge on any atom is 0.219 e. The molecule has 6 heteroatoms. The molecule has 0 aromatic carbocycles. The maximum atomic E-state index is 5.81. The third-order valence-corrected chi connectivity index (χ3v) is 2.72. The molecule has 1 atom stereocenters. The molecule has 1 aromatic rings. The van der Waals surface area contributed by atoms with E-state index < -0.39 is 0 Å². The summed E-state index contributed by atoms with van der Waals surface area (Å²) < 4.78 is 16.4. The Balaban J connectivity index is 2.07. The van der Waals surface area contributed by atoms with Crippen LogP contribution >= 0.6 is 0 Å². The monoisotopic (exact) mass is 267 g/mol. The summed E-state index contributed by atoms with van der Waals surface area (Å²) in [6.07, 6.45) is 0.991. The average Bonchev–Trinajstić information content (AvgIpc) is 2.89. The zero-order valence-corrected chi connectivity index (χ0v) is 11.5. The minimum Gasteiger partial charge on any atom is -0.472 e. The number of anilines is 1. The van der Waals surface area contributed by atoms with E-state index in [0.717, 1.165) is 25.4 Å². The summed E-state index contributed by atoms with van der Waals surface area (Å²) in [5.41, 5.74) is 0. The van der Waals surface area contributed by atoms with E-state index >= 15 is 0 Å². The lowest BCUT2D eigenvalue weighted by atomic mass is 10.3. The zero-order valence-electron chi connectivity index (χ0n) is 11.5. The molecule has 1 N–H and O–H groups in total. The second kappa shape index (κ2) is 7.25. The van der Waals surface area contributed by atoms with Gasteiger partial charge in [0.15, 0.2) is 5.82 Å². The van der Waals surface area contributed by atoms with E-state index in [2.05, 4.69) is 15.3 Å². The van der Waals surface area contributed by atoms with Crippen LogP contribution < -0.4 is 10.1 Å². The van der Waals surface area contributed by atoms with E-state index in [-0.39, 0.29) is 6.10 Å². The van der Waals surface area contributed by atoms with Crippen LogP contribution in [-0.4, -0.2) is 42.4 Å². The number of hydrogen-bond donors (Lipinski definition) is 1. The van der Waals surface area contributed by atoms with Crippen molar-refractivity contribution in [3.05, 3.63) is 11.9 Å². The molecule has 0 radical (unpaired) electrons. The Bertz CT molecular complexity index is 395. The van der Waals surface area contributed by atoms with Crippen LogP contribution in [0.25, 0.3) is 0 Å². The molecule has 106 valence electrons. The number of rotatable bonds is 7. The summed E-state index contributed by atoms with van der Waals surface area (Å²) in [7, 11) is 0. The first-order chi connectivity index (χ1) is 9.31. The number of nitrogens with zero attached hydrogens (tertiary/aromatic N) is 2. The van der Waals surface area contributed by atoms with Gasteiger partial charge in [-0.15, -0.1) is 0 Å². The van der Waals surface area contributed by atoms with E-state index in [1.807, 2.05) is 19.9 Å². The minimum atomic E-state index is 0.0873. The Labute approximate surface area is 113 Å². The van der Waals surface area contributed by atoms with Crippen LogP contribution in [0.15, 0.2) is 6.07 Å². The molecule has 2 heterocycles. The average molecular weight is 267 g/mol. The van der Waals surface area contributed by atoms with Gasteiger partial charge in [0.05, 0.1) is 13.2 Å². The van der Waals surface area contributed by atoms with Gasteiger partial charge in [-0.1, -0.05) is 0 Å². The van der Waals surface area contributed by atoms with Gasteiger partial charge >= 0.3 is 0 Å². The molecular formula is C13H21N3O3. The van der Waals surface area contributed by atoms with Crippen molar-refractivity contribution in [2.45, 2.75) is 33.0 Å². The first-order valence-corrected chi connectivity index (χ1v) is 6.75. The third-order valence-electron chi connectivity index (χ3n) is 2.72. The molecule has 6 nitrogen and oxygen atoms in total. The fourth-order valence-corrected chi connectivity index (χ4v) is 1.84. The lowest BCUT2D eigenvalue weighted by molar-refractivity contribution is 0.123. The molecule has 0 saturated carbocycles. The summed E-state index contributed by atoms with van der Waals surface area (Å²) in [5, 5.41) is 3.17. The number of aromatic nitrogens is 2.